The van der Waals surface area contributed by atoms with Crippen molar-refractivity contribution in [3.8, 4) is 11.1 Å². The highest BCUT2D eigenvalue weighted by atomic mass is 16.5. The molecule has 228 valence electrons. The van der Waals surface area contributed by atoms with Gasteiger partial charge in [0.15, 0.2) is 6.10 Å². The van der Waals surface area contributed by atoms with E-state index in [2.05, 4.69) is 5.32 Å². The molecule has 0 aliphatic rings. The first kappa shape index (κ1) is 32.0. The molecule has 8 heteroatoms. The van der Waals surface area contributed by atoms with Crippen molar-refractivity contribution in [2.24, 2.45) is 0 Å². The van der Waals surface area contributed by atoms with Crippen LogP contribution < -0.4 is 5.32 Å². The average Bonchev–Trinajstić information content (AvgIpc) is 3.06. The maximum absolute atomic E-state index is 13.5. The highest BCUT2D eigenvalue weighted by molar-refractivity contribution is 5.84. The van der Waals surface area contributed by atoms with E-state index in [1.54, 1.807) is 26.0 Å². The highest BCUT2D eigenvalue weighted by Gasteiger charge is 2.30. The first-order chi connectivity index (χ1) is 21.3. The molecule has 2 N–H and O–H groups in total. The van der Waals surface area contributed by atoms with Crippen LogP contribution in [-0.4, -0.2) is 52.7 Å². The molecule has 0 bridgehead atoms. The number of nitrogens with zero attached hydrogens (tertiary/aromatic N) is 1. The second kappa shape index (κ2) is 16.0. The third-order valence-corrected chi connectivity index (χ3v) is 7.06. The van der Waals surface area contributed by atoms with Crippen LogP contribution in [0.5, 0.6) is 0 Å². The predicted octanol–water partition coefficient (Wildman–Crippen LogP) is 5.53. The standard InChI is InChI=1S/C36H38N2O6/c1-26(2)38(23-33(39)35(41)44-25-29-14-8-4-9-15-29)36(42)37-32(34(40)43-24-28-12-6-3-7-13-28)22-27-18-20-31(21-19-27)30-16-10-5-11-17-30/h3-21,26,32-33,39H,22-25H2,1-2H3,(H,37,42)/t32-,33?/m0/s1. The second-order valence-electron chi connectivity index (χ2n) is 10.7. The van der Waals surface area contributed by atoms with Crippen LogP contribution in [0.25, 0.3) is 11.1 Å². The van der Waals surface area contributed by atoms with E-state index in [0.29, 0.717) is 0 Å². The van der Waals surface area contributed by atoms with Gasteiger partial charge < -0.3 is 24.8 Å². The van der Waals surface area contributed by atoms with Gasteiger partial charge in [0.1, 0.15) is 19.3 Å². The molecule has 2 amide bonds. The number of esters is 2. The van der Waals surface area contributed by atoms with Gasteiger partial charge in [-0.1, -0.05) is 115 Å². The van der Waals surface area contributed by atoms with Crippen LogP contribution in [0.3, 0.4) is 0 Å². The summed E-state index contributed by atoms with van der Waals surface area (Å²) in [5.74, 6) is -1.44. The fourth-order valence-electron chi connectivity index (χ4n) is 4.57. The zero-order chi connectivity index (χ0) is 31.3. The first-order valence-electron chi connectivity index (χ1n) is 14.6. The molecule has 0 heterocycles. The number of nitrogens with one attached hydrogen (secondary N) is 1. The van der Waals surface area contributed by atoms with Crippen LogP contribution in [-0.2, 0) is 38.7 Å². The Balaban J connectivity index is 1.44. The van der Waals surface area contributed by atoms with Crippen molar-refractivity contribution in [1.82, 2.24) is 10.2 Å². The van der Waals surface area contributed by atoms with E-state index in [4.69, 9.17) is 9.47 Å². The van der Waals surface area contributed by atoms with Gasteiger partial charge in [0.05, 0.1) is 6.54 Å². The van der Waals surface area contributed by atoms with Crippen molar-refractivity contribution in [1.29, 1.82) is 0 Å². The Morgan fingerprint density at radius 3 is 1.66 bits per heavy atom. The Morgan fingerprint density at radius 1 is 0.659 bits per heavy atom. The summed E-state index contributed by atoms with van der Waals surface area (Å²) in [4.78, 5) is 40.6. The summed E-state index contributed by atoms with van der Waals surface area (Å²) in [6.07, 6.45) is -1.39. The summed E-state index contributed by atoms with van der Waals surface area (Å²) < 4.78 is 10.8. The van der Waals surface area contributed by atoms with Crippen LogP contribution in [0.4, 0.5) is 4.79 Å². The number of hydrogen-bond donors (Lipinski definition) is 2. The number of carbonyl (C=O) groups is 3. The molecule has 44 heavy (non-hydrogen) atoms. The minimum Gasteiger partial charge on any atom is -0.459 e. The molecule has 1 unspecified atom stereocenters. The third-order valence-electron chi connectivity index (χ3n) is 7.06. The fraction of sp³-hybridized carbons (Fsp3) is 0.250. The molecule has 0 fully saturated rings. The number of ether oxygens (including phenoxy) is 2. The number of hydrogen-bond acceptors (Lipinski definition) is 6. The van der Waals surface area contributed by atoms with Crippen molar-refractivity contribution in [2.75, 3.05) is 6.54 Å². The molecule has 0 spiro atoms. The van der Waals surface area contributed by atoms with Gasteiger partial charge in [-0.3, -0.25) is 0 Å². The number of benzene rings is 4. The molecular weight excluding hydrogens is 556 g/mol. The van der Waals surface area contributed by atoms with Crippen LogP contribution in [0.15, 0.2) is 115 Å². The van der Waals surface area contributed by atoms with Crippen LogP contribution in [0.1, 0.15) is 30.5 Å². The van der Waals surface area contributed by atoms with Crippen LogP contribution >= 0.6 is 0 Å². The van der Waals surface area contributed by atoms with Gasteiger partial charge in [0.25, 0.3) is 0 Å². The van der Waals surface area contributed by atoms with Gasteiger partial charge in [-0.2, -0.15) is 0 Å². The van der Waals surface area contributed by atoms with Gasteiger partial charge in [0, 0.05) is 12.5 Å². The van der Waals surface area contributed by atoms with E-state index < -0.39 is 36.2 Å². The Kier molecular flexibility index (Phi) is 11.7. The van der Waals surface area contributed by atoms with Crippen molar-refractivity contribution in [3.63, 3.8) is 0 Å². The number of carbonyl (C=O) groups excluding carboxylic acids is 3. The molecule has 8 nitrogen and oxygen atoms in total. The topological polar surface area (TPSA) is 105 Å². The van der Waals surface area contributed by atoms with Crippen molar-refractivity contribution >= 4 is 18.0 Å². The first-order valence-corrected chi connectivity index (χ1v) is 14.6. The Bertz CT molecular complexity index is 1480. The second-order valence-corrected chi connectivity index (χ2v) is 10.7. The molecule has 0 saturated carbocycles. The summed E-state index contributed by atoms with van der Waals surface area (Å²) in [6.45, 7) is 3.26. The largest absolute Gasteiger partial charge is 0.459 e. The lowest BCUT2D eigenvalue weighted by Gasteiger charge is -2.30. The zero-order valence-electron chi connectivity index (χ0n) is 25.0. The van der Waals surface area contributed by atoms with E-state index >= 15 is 0 Å². The molecule has 0 aliphatic carbocycles. The van der Waals surface area contributed by atoms with E-state index in [-0.39, 0.29) is 26.2 Å². The molecule has 0 saturated heterocycles. The molecule has 4 aromatic rings. The van der Waals surface area contributed by atoms with Crippen molar-refractivity contribution in [3.05, 3.63) is 132 Å². The average molecular weight is 595 g/mol. The quantitative estimate of drug-likeness (QED) is 0.197. The van der Waals surface area contributed by atoms with Crippen LogP contribution in [0.2, 0.25) is 0 Å². The molecule has 4 aromatic carbocycles. The summed E-state index contributed by atoms with van der Waals surface area (Å²) in [7, 11) is 0. The van der Waals surface area contributed by atoms with E-state index in [0.717, 1.165) is 27.8 Å². The van der Waals surface area contributed by atoms with Gasteiger partial charge in [0.2, 0.25) is 0 Å². The summed E-state index contributed by atoms with van der Waals surface area (Å²) in [6, 6.07) is 34.1. The maximum atomic E-state index is 13.5. The highest BCUT2D eigenvalue weighted by Crippen LogP contribution is 2.20. The fourth-order valence-corrected chi connectivity index (χ4v) is 4.57. The Hall–Kier alpha value is -4.95. The maximum Gasteiger partial charge on any atom is 0.337 e. The smallest absolute Gasteiger partial charge is 0.337 e. The predicted molar refractivity (Wildman–Crippen MR) is 168 cm³/mol. The lowest BCUT2D eigenvalue weighted by atomic mass is 10.0. The van der Waals surface area contributed by atoms with Gasteiger partial charge in [-0.05, 0) is 41.7 Å². The van der Waals surface area contributed by atoms with Gasteiger partial charge >= 0.3 is 18.0 Å². The molecule has 4 rings (SSSR count). The normalized spacial score (nSPS) is 12.2. The minimum absolute atomic E-state index is 0.00298. The van der Waals surface area contributed by atoms with E-state index in [1.807, 2.05) is 103 Å². The number of aliphatic hydroxyl groups excluding tert-OH is 1. The van der Waals surface area contributed by atoms with Gasteiger partial charge in [-0.15, -0.1) is 0 Å². The van der Waals surface area contributed by atoms with E-state index in [9.17, 15) is 19.5 Å². The molecule has 0 radical (unpaired) electrons. The van der Waals surface area contributed by atoms with Crippen molar-refractivity contribution in [2.45, 2.75) is 51.7 Å². The lowest BCUT2D eigenvalue weighted by Crippen LogP contribution is -2.53. The molecular formula is C36H38N2O6. The SMILES string of the molecule is CC(C)N(CC(O)C(=O)OCc1ccccc1)C(=O)N[C@@H](Cc1ccc(-c2ccccc2)cc1)C(=O)OCc1ccccc1. The number of rotatable bonds is 13. The lowest BCUT2D eigenvalue weighted by molar-refractivity contribution is -0.155. The Morgan fingerprint density at radius 2 is 1.14 bits per heavy atom. The zero-order valence-corrected chi connectivity index (χ0v) is 25.0. The minimum atomic E-state index is -1.57. The third kappa shape index (κ3) is 9.54. The van der Waals surface area contributed by atoms with Crippen LogP contribution in [0, 0.1) is 0 Å². The monoisotopic (exact) mass is 594 g/mol. The van der Waals surface area contributed by atoms with E-state index in [1.165, 1.54) is 4.90 Å². The summed E-state index contributed by atoms with van der Waals surface area (Å²) in [5, 5.41) is 13.4. The molecule has 2 atom stereocenters. The number of amides is 2. The molecule has 0 aliphatic heterocycles. The number of aliphatic hydroxyl groups is 1. The Labute approximate surface area is 258 Å². The summed E-state index contributed by atoms with van der Waals surface area (Å²) in [5.41, 5.74) is 4.52. The number of urea groups is 1. The molecule has 0 aromatic heterocycles. The van der Waals surface area contributed by atoms with Gasteiger partial charge in [-0.25, -0.2) is 14.4 Å². The summed E-state index contributed by atoms with van der Waals surface area (Å²) >= 11 is 0. The van der Waals surface area contributed by atoms with Crippen molar-refractivity contribution < 1.29 is 29.0 Å².